The van der Waals surface area contributed by atoms with Crippen molar-refractivity contribution in [2.75, 3.05) is 6.54 Å². The van der Waals surface area contributed by atoms with Crippen LogP contribution in [0.5, 0.6) is 5.75 Å². The summed E-state index contributed by atoms with van der Waals surface area (Å²) >= 11 is 0. The van der Waals surface area contributed by atoms with E-state index in [1.165, 1.54) is 6.42 Å². The Hall–Kier alpha value is -1.09. The number of nitrogens with two attached hydrogens (primary N) is 1. The SMILES string of the molecule is CC1CC(C)CC(Oc2ccc(CCN)nc2)C1. The van der Waals surface area contributed by atoms with E-state index in [9.17, 15) is 0 Å². The topological polar surface area (TPSA) is 48.1 Å². The molecule has 1 heterocycles. The molecule has 1 aromatic heterocycles. The summed E-state index contributed by atoms with van der Waals surface area (Å²) in [5, 5.41) is 0. The van der Waals surface area contributed by atoms with Crippen LogP contribution in [0, 0.1) is 11.8 Å². The number of aromatic nitrogens is 1. The predicted molar refractivity (Wildman–Crippen MR) is 73.6 cm³/mol. The number of rotatable bonds is 4. The molecule has 1 aliphatic rings. The van der Waals surface area contributed by atoms with Crippen LogP contribution in [0.15, 0.2) is 18.3 Å². The molecule has 0 bridgehead atoms. The largest absolute Gasteiger partial charge is 0.489 e. The number of hydrogen-bond acceptors (Lipinski definition) is 3. The molecule has 0 spiro atoms. The highest BCUT2D eigenvalue weighted by atomic mass is 16.5. The standard InChI is InChI=1S/C15H24N2O/c1-11-7-12(2)9-15(8-11)18-14-4-3-13(5-6-16)17-10-14/h3-4,10-12,15H,5-9,16H2,1-2H3. The van der Waals surface area contributed by atoms with Crippen LogP contribution >= 0.6 is 0 Å². The normalized spacial score (nSPS) is 28.1. The van der Waals surface area contributed by atoms with Gasteiger partial charge in [-0.25, -0.2) is 0 Å². The Labute approximate surface area is 110 Å². The lowest BCUT2D eigenvalue weighted by molar-refractivity contribution is 0.101. The summed E-state index contributed by atoms with van der Waals surface area (Å²) in [4.78, 5) is 4.37. The van der Waals surface area contributed by atoms with Gasteiger partial charge in [-0.15, -0.1) is 0 Å². The highest BCUT2D eigenvalue weighted by molar-refractivity contribution is 5.20. The van der Waals surface area contributed by atoms with Crippen molar-refractivity contribution in [1.82, 2.24) is 4.98 Å². The summed E-state index contributed by atoms with van der Waals surface area (Å²) in [6.45, 7) is 5.27. The predicted octanol–water partition coefficient (Wildman–Crippen LogP) is 2.79. The Bertz CT molecular complexity index is 353. The molecule has 0 saturated heterocycles. The monoisotopic (exact) mass is 248 g/mol. The fourth-order valence-corrected chi connectivity index (χ4v) is 2.94. The van der Waals surface area contributed by atoms with Crippen molar-refractivity contribution in [2.24, 2.45) is 17.6 Å². The van der Waals surface area contributed by atoms with Crippen molar-refractivity contribution >= 4 is 0 Å². The summed E-state index contributed by atoms with van der Waals surface area (Å²) < 4.78 is 6.04. The second-order valence-electron chi connectivity index (χ2n) is 5.68. The first-order valence-corrected chi connectivity index (χ1v) is 6.99. The third kappa shape index (κ3) is 3.70. The van der Waals surface area contributed by atoms with Gasteiger partial charge >= 0.3 is 0 Å². The molecular weight excluding hydrogens is 224 g/mol. The number of hydrogen-bond donors (Lipinski definition) is 1. The van der Waals surface area contributed by atoms with E-state index in [1.807, 2.05) is 18.3 Å². The molecule has 18 heavy (non-hydrogen) atoms. The molecule has 1 aromatic rings. The smallest absolute Gasteiger partial charge is 0.138 e. The van der Waals surface area contributed by atoms with E-state index in [2.05, 4.69) is 18.8 Å². The lowest BCUT2D eigenvalue weighted by Crippen LogP contribution is -2.28. The number of pyridine rings is 1. The molecule has 2 rings (SSSR count). The van der Waals surface area contributed by atoms with E-state index in [4.69, 9.17) is 10.5 Å². The first kappa shape index (κ1) is 13.3. The van der Waals surface area contributed by atoms with Crippen LogP contribution in [-0.4, -0.2) is 17.6 Å². The molecule has 1 aliphatic carbocycles. The van der Waals surface area contributed by atoms with Crippen LogP contribution in [0.1, 0.15) is 38.8 Å². The molecule has 0 amide bonds. The molecule has 1 saturated carbocycles. The minimum absolute atomic E-state index is 0.353. The van der Waals surface area contributed by atoms with Crippen LogP contribution in [0.3, 0.4) is 0 Å². The van der Waals surface area contributed by atoms with Gasteiger partial charge in [-0.2, -0.15) is 0 Å². The minimum atomic E-state index is 0.353. The van der Waals surface area contributed by atoms with Gasteiger partial charge in [-0.05, 0) is 49.8 Å². The van der Waals surface area contributed by atoms with Crippen LogP contribution in [-0.2, 0) is 6.42 Å². The van der Waals surface area contributed by atoms with Crippen LogP contribution in [0.4, 0.5) is 0 Å². The molecule has 0 aliphatic heterocycles. The van der Waals surface area contributed by atoms with E-state index in [0.717, 1.165) is 42.5 Å². The first-order valence-electron chi connectivity index (χ1n) is 6.99. The molecule has 1 fully saturated rings. The highest BCUT2D eigenvalue weighted by Crippen LogP contribution is 2.31. The maximum atomic E-state index is 6.04. The van der Waals surface area contributed by atoms with Crippen molar-refractivity contribution in [3.63, 3.8) is 0 Å². The number of nitrogens with zero attached hydrogens (tertiary/aromatic N) is 1. The zero-order chi connectivity index (χ0) is 13.0. The van der Waals surface area contributed by atoms with E-state index in [1.54, 1.807) is 0 Å². The Kier molecular flexibility index (Phi) is 4.59. The van der Waals surface area contributed by atoms with Gasteiger partial charge in [0.2, 0.25) is 0 Å². The van der Waals surface area contributed by atoms with Crippen LogP contribution in [0.25, 0.3) is 0 Å². The maximum Gasteiger partial charge on any atom is 0.138 e. The Morgan fingerprint density at radius 2 is 1.94 bits per heavy atom. The lowest BCUT2D eigenvalue weighted by Gasteiger charge is -2.31. The molecule has 100 valence electrons. The average Bonchev–Trinajstić information content (AvgIpc) is 2.31. The van der Waals surface area contributed by atoms with Gasteiger partial charge in [0.1, 0.15) is 5.75 Å². The van der Waals surface area contributed by atoms with Crippen molar-refractivity contribution in [3.05, 3.63) is 24.0 Å². The molecule has 3 nitrogen and oxygen atoms in total. The number of ether oxygens (including phenoxy) is 1. The van der Waals surface area contributed by atoms with E-state index >= 15 is 0 Å². The average molecular weight is 248 g/mol. The summed E-state index contributed by atoms with van der Waals surface area (Å²) in [6.07, 6.45) is 6.66. The highest BCUT2D eigenvalue weighted by Gasteiger charge is 2.25. The van der Waals surface area contributed by atoms with Crippen molar-refractivity contribution in [2.45, 2.75) is 45.6 Å². The molecule has 3 heteroatoms. The molecule has 0 radical (unpaired) electrons. The van der Waals surface area contributed by atoms with Gasteiger partial charge in [0, 0.05) is 12.1 Å². The van der Waals surface area contributed by atoms with Crippen molar-refractivity contribution in [1.29, 1.82) is 0 Å². The third-order valence-electron chi connectivity index (χ3n) is 3.64. The molecule has 2 atom stereocenters. The van der Waals surface area contributed by atoms with Gasteiger partial charge in [0.05, 0.1) is 12.3 Å². The van der Waals surface area contributed by atoms with Gasteiger partial charge in [0.25, 0.3) is 0 Å². The first-order chi connectivity index (χ1) is 8.67. The summed E-state index contributed by atoms with van der Waals surface area (Å²) in [5.74, 6) is 2.42. The van der Waals surface area contributed by atoms with Gasteiger partial charge in [0.15, 0.2) is 0 Å². The second kappa shape index (κ2) is 6.19. The zero-order valence-corrected chi connectivity index (χ0v) is 11.4. The zero-order valence-electron chi connectivity index (χ0n) is 11.4. The van der Waals surface area contributed by atoms with E-state index in [-0.39, 0.29) is 0 Å². The van der Waals surface area contributed by atoms with Gasteiger partial charge in [-0.3, -0.25) is 4.98 Å². The fraction of sp³-hybridized carbons (Fsp3) is 0.667. The fourth-order valence-electron chi connectivity index (χ4n) is 2.94. The van der Waals surface area contributed by atoms with Crippen molar-refractivity contribution < 1.29 is 4.74 Å². The Balaban J connectivity index is 1.92. The van der Waals surface area contributed by atoms with E-state index < -0.39 is 0 Å². The summed E-state index contributed by atoms with van der Waals surface area (Å²) in [5.41, 5.74) is 6.54. The summed E-state index contributed by atoms with van der Waals surface area (Å²) in [7, 11) is 0. The molecular formula is C15H24N2O. The minimum Gasteiger partial charge on any atom is -0.489 e. The quantitative estimate of drug-likeness (QED) is 0.891. The second-order valence-corrected chi connectivity index (χ2v) is 5.68. The Morgan fingerprint density at radius 1 is 1.22 bits per heavy atom. The maximum absolute atomic E-state index is 6.04. The third-order valence-corrected chi connectivity index (χ3v) is 3.64. The molecule has 2 unspecified atom stereocenters. The van der Waals surface area contributed by atoms with Crippen LogP contribution in [0.2, 0.25) is 0 Å². The van der Waals surface area contributed by atoms with Crippen molar-refractivity contribution in [3.8, 4) is 5.75 Å². The molecule has 0 aromatic carbocycles. The van der Waals surface area contributed by atoms with E-state index in [0.29, 0.717) is 12.6 Å². The Morgan fingerprint density at radius 3 is 2.50 bits per heavy atom. The van der Waals surface area contributed by atoms with Crippen LogP contribution < -0.4 is 10.5 Å². The van der Waals surface area contributed by atoms with Gasteiger partial charge in [-0.1, -0.05) is 13.8 Å². The van der Waals surface area contributed by atoms with Gasteiger partial charge < -0.3 is 10.5 Å². The lowest BCUT2D eigenvalue weighted by atomic mass is 9.82. The summed E-state index contributed by atoms with van der Waals surface area (Å²) in [6, 6.07) is 4.03. The molecule has 2 N–H and O–H groups in total.